The predicted molar refractivity (Wildman–Crippen MR) is 104 cm³/mol. The summed E-state index contributed by atoms with van der Waals surface area (Å²) in [4.78, 5) is 12.5. The Morgan fingerprint density at radius 3 is 2.07 bits per heavy atom. The molecule has 0 aromatic heterocycles. The number of hydroxylamine groups is 1. The molecule has 1 aliphatic heterocycles. The van der Waals surface area contributed by atoms with Gasteiger partial charge in [0.15, 0.2) is 0 Å². The Labute approximate surface area is 156 Å². The fourth-order valence-electron chi connectivity index (χ4n) is 3.38. The van der Waals surface area contributed by atoms with Gasteiger partial charge in [-0.2, -0.15) is 4.74 Å². The number of anilines is 1. The van der Waals surface area contributed by atoms with Gasteiger partial charge in [-0.3, -0.25) is 15.0 Å². The van der Waals surface area contributed by atoms with Gasteiger partial charge < -0.3 is 5.21 Å². The number of para-hydroxylation sites is 1. The Morgan fingerprint density at radius 2 is 1.48 bits per heavy atom. The molecule has 6 nitrogen and oxygen atoms in total. The van der Waals surface area contributed by atoms with Crippen molar-refractivity contribution < 1.29 is 9.66 Å². The lowest BCUT2D eigenvalue weighted by Crippen LogP contribution is -2.28. The van der Waals surface area contributed by atoms with E-state index in [1.165, 1.54) is 12.1 Å². The van der Waals surface area contributed by atoms with Crippen LogP contribution in [0.15, 0.2) is 84.9 Å². The summed E-state index contributed by atoms with van der Waals surface area (Å²) in [7, 11) is 0. The van der Waals surface area contributed by atoms with Gasteiger partial charge in [0.25, 0.3) is 11.9 Å². The lowest BCUT2D eigenvalue weighted by atomic mass is 10.1. The number of nitrogens with zero attached hydrogens (tertiary/aromatic N) is 3. The maximum absolute atomic E-state index is 13.2. The van der Waals surface area contributed by atoms with Crippen LogP contribution in [0, 0.1) is 15.3 Å². The van der Waals surface area contributed by atoms with E-state index in [4.69, 9.17) is 0 Å². The lowest BCUT2D eigenvalue weighted by Gasteiger charge is -2.24. The van der Waals surface area contributed by atoms with Gasteiger partial charge in [0.2, 0.25) is 5.71 Å². The summed E-state index contributed by atoms with van der Waals surface area (Å²) < 4.78 is 1.00. The first-order valence-electron chi connectivity index (χ1n) is 8.59. The number of nitro benzene ring substituents is 1. The Balaban J connectivity index is 1.78. The third-order valence-corrected chi connectivity index (χ3v) is 4.70. The number of hydrogen-bond donors (Lipinski definition) is 0. The van der Waals surface area contributed by atoms with Crippen molar-refractivity contribution >= 4 is 17.1 Å². The van der Waals surface area contributed by atoms with Crippen molar-refractivity contribution in [2.24, 2.45) is 0 Å². The summed E-state index contributed by atoms with van der Waals surface area (Å²) in [6, 6.07) is 25.5. The van der Waals surface area contributed by atoms with Crippen molar-refractivity contribution in [1.82, 2.24) is 0 Å². The zero-order valence-electron chi connectivity index (χ0n) is 14.4. The zero-order chi connectivity index (χ0) is 18.8. The summed E-state index contributed by atoms with van der Waals surface area (Å²) in [5.41, 5.74) is 3.13. The van der Waals surface area contributed by atoms with Crippen LogP contribution in [0.5, 0.6) is 0 Å². The quantitative estimate of drug-likeness (QED) is 0.304. The number of hydrogen-bond acceptors (Lipinski definition) is 4. The van der Waals surface area contributed by atoms with Crippen molar-refractivity contribution in [1.29, 1.82) is 0 Å². The van der Waals surface area contributed by atoms with E-state index in [1.54, 1.807) is 12.1 Å². The van der Waals surface area contributed by atoms with Crippen LogP contribution < -0.4 is 4.90 Å². The molecule has 3 aromatic carbocycles. The molecule has 27 heavy (non-hydrogen) atoms. The molecule has 3 aromatic rings. The highest BCUT2D eigenvalue weighted by Gasteiger charge is 2.38. The van der Waals surface area contributed by atoms with Crippen molar-refractivity contribution in [3.05, 3.63) is 111 Å². The third-order valence-electron chi connectivity index (χ3n) is 4.70. The molecular formula is C21H17N3O3. The fourth-order valence-corrected chi connectivity index (χ4v) is 3.38. The van der Waals surface area contributed by atoms with E-state index in [2.05, 4.69) is 0 Å². The highest BCUT2D eigenvalue weighted by molar-refractivity contribution is 6.01. The Morgan fingerprint density at radius 1 is 0.889 bits per heavy atom. The molecule has 0 radical (unpaired) electrons. The predicted octanol–water partition coefficient (Wildman–Crippen LogP) is 4.11. The van der Waals surface area contributed by atoms with E-state index in [0.29, 0.717) is 17.8 Å². The summed E-state index contributed by atoms with van der Waals surface area (Å²) in [5.74, 6) is 0. The molecule has 1 atom stereocenters. The SMILES string of the molecule is O=[N+]([O-])c1ccc(C2=[N+]([O-])C(c3ccccc3)N(c3ccccc3)C2)cc1. The van der Waals surface area contributed by atoms with Gasteiger partial charge in [-0.25, -0.2) is 0 Å². The maximum atomic E-state index is 13.2. The molecule has 134 valence electrons. The molecule has 0 amide bonds. The van der Waals surface area contributed by atoms with Gasteiger partial charge in [0, 0.05) is 28.9 Å². The van der Waals surface area contributed by atoms with E-state index in [0.717, 1.165) is 16.0 Å². The molecule has 1 aliphatic rings. The first-order chi connectivity index (χ1) is 13.1. The number of nitro groups is 1. The van der Waals surface area contributed by atoms with Crippen LogP contribution in [-0.4, -0.2) is 21.9 Å². The molecule has 0 spiro atoms. The van der Waals surface area contributed by atoms with Crippen LogP contribution >= 0.6 is 0 Å². The van der Waals surface area contributed by atoms with Crippen LogP contribution in [0.4, 0.5) is 11.4 Å². The standard InChI is InChI=1S/C21H17N3O3/c25-23-20(16-11-13-19(14-12-16)24(26)27)15-22(18-9-5-2-6-10-18)21(23)17-7-3-1-4-8-17/h1-14,21H,15H2. The first-order valence-corrected chi connectivity index (χ1v) is 8.59. The highest BCUT2D eigenvalue weighted by atomic mass is 16.6. The topological polar surface area (TPSA) is 72.4 Å². The van der Waals surface area contributed by atoms with Crippen LogP contribution in [0.1, 0.15) is 17.3 Å². The van der Waals surface area contributed by atoms with Crippen molar-refractivity contribution in [3.63, 3.8) is 0 Å². The smallest absolute Gasteiger partial charge is 0.269 e. The van der Waals surface area contributed by atoms with Crippen LogP contribution in [0.25, 0.3) is 0 Å². The molecular weight excluding hydrogens is 342 g/mol. The highest BCUT2D eigenvalue weighted by Crippen LogP contribution is 2.33. The van der Waals surface area contributed by atoms with Crippen LogP contribution in [0.3, 0.4) is 0 Å². The summed E-state index contributed by atoms with van der Waals surface area (Å²) in [5, 5.41) is 24.1. The third kappa shape index (κ3) is 3.13. The molecule has 1 heterocycles. The van der Waals surface area contributed by atoms with Gasteiger partial charge in [-0.15, -0.1) is 0 Å². The minimum Gasteiger partial charge on any atom is -0.622 e. The summed E-state index contributed by atoms with van der Waals surface area (Å²) in [6.45, 7) is 0.422. The summed E-state index contributed by atoms with van der Waals surface area (Å²) >= 11 is 0. The fraction of sp³-hybridized carbons (Fsp3) is 0.0952. The van der Waals surface area contributed by atoms with Gasteiger partial charge in [-0.05, 0) is 24.3 Å². The molecule has 0 saturated heterocycles. The molecule has 1 unspecified atom stereocenters. The second-order valence-electron chi connectivity index (χ2n) is 6.32. The number of benzene rings is 3. The van der Waals surface area contributed by atoms with E-state index >= 15 is 0 Å². The van der Waals surface area contributed by atoms with E-state index in [-0.39, 0.29) is 5.69 Å². The lowest BCUT2D eigenvalue weighted by molar-refractivity contribution is -0.497. The minimum absolute atomic E-state index is 0.00863. The van der Waals surface area contributed by atoms with Gasteiger partial charge in [0.1, 0.15) is 6.54 Å². The Kier molecular flexibility index (Phi) is 4.30. The maximum Gasteiger partial charge on any atom is 0.269 e. The molecule has 0 aliphatic carbocycles. The monoisotopic (exact) mass is 359 g/mol. The van der Waals surface area contributed by atoms with Crippen LogP contribution in [0.2, 0.25) is 0 Å². The second-order valence-corrected chi connectivity index (χ2v) is 6.32. The average molecular weight is 359 g/mol. The normalized spacial score (nSPS) is 16.6. The van der Waals surface area contributed by atoms with Gasteiger partial charge >= 0.3 is 0 Å². The largest absolute Gasteiger partial charge is 0.622 e. The molecule has 0 bridgehead atoms. The zero-order valence-corrected chi connectivity index (χ0v) is 14.4. The molecule has 0 saturated carbocycles. The van der Waals surface area contributed by atoms with Gasteiger partial charge in [-0.1, -0.05) is 48.5 Å². The second kappa shape index (κ2) is 6.92. The Hall–Kier alpha value is -3.67. The average Bonchev–Trinajstić information content (AvgIpc) is 3.06. The number of rotatable bonds is 4. The molecule has 4 rings (SSSR count). The Bertz CT molecular complexity index is 986. The minimum atomic E-state index is -0.487. The molecule has 0 fully saturated rings. The molecule has 0 N–H and O–H groups in total. The van der Waals surface area contributed by atoms with E-state index in [1.807, 2.05) is 65.6 Å². The van der Waals surface area contributed by atoms with Crippen molar-refractivity contribution in [2.45, 2.75) is 6.17 Å². The summed E-state index contributed by atoms with van der Waals surface area (Å²) in [6.07, 6.45) is -0.487. The molecule has 6 heteroatoms. The van der Waals surface area contributed by atoms with E-state index < -0.39 is 11.1 Å². The first kappa shape index (κ1) is 16.8. The van der Waals surface area contributed by atoms with Crippen molar-refractivity contribution in [3.8, 4) is 0 Å². The number of non-ortho nitro benzene ring substituents is 1. The van der Waals surface area contributed by atoms with Crippen molar-refractivity contribution in [2.75, 3.05) is 11.4 Å². The van der Waals surface area contributed by atoms with Crippen LogP contribution in [-0.2, 0) is 0 Å². The van der Waals surface area contributed by atoms with E-state index in [9.17, 15) is 15.3 Å². The van der Waals surface area contributed by atoms with Gasteiger partial charge in [0.05, 0.1) is 4.92 Å².